The molecule has 1 heterocycles. The van der Waals surface area contributed by atoms with Crippen molar-refractivity contribution in [3.05, 3.63) is 29.5 Å². The molecular weight excluding hydrogens is 198 g/mol. The van der Waals surface area contributed by atoms with E-state index in [9.17, 15) is 0 Å². The molecule has 0 aliphatic heterocycles. The monoisotopic (exact) mass is 215 g/mol. The minimum atomic E-state index is -0.0983. The molecule has 0 bridgehead atoms. The molecule has 0 amide bonds. The van der Waals surface area contributed by atoms with E-state index < -0.39 is 0 Å². The van der Waals surface area contributed by atoms with Gasteiger partial charge in [0.2, 0.25) is 0 Å². The maximum Gasteiger partial charge on any atom is 0.0976 e. The van der Waals surface area contributed by atoms with E-state index in [-0.39, 0.29) is 5.54 Å². The van der Waals surface area contributed by atoms with E-state index in [1.54, 1.807) is 0 Å². The van der Waals surface area contributed by atoms with Crippen LogP contribution < -0.4 is 5.73 Å². The Morgan fingerprint density at radius 1 is 1.44 bits per heavy atom. The fourth-order valence-corrected chi connectivity index (χ4v) is 2.39. The van der Waals surface area contributed by atoms with Gasteiger partial charge < -0.3 is 5.73 Å². The Kier molecular flexibility index (Phi) is 1.89. The van der Waals surface area contributed by atoms with E-state index in [1.165, 1.54) is 16.6 Å². The average molecular weight is 215 g/mol. The average Bonchev–Trinajstić information content (AvgIpc) is 2.95. The van der Waals surface area contributed by atoms with Gasteiger partial charge in [-0.25, -0.2) is 0 Å². The highest BCUT2D eigenvalue weighted by Crippen LogP contribution is 2.45. The van der Waals surface area contributed by atoms with Crippen LogP contribution in [0, 0.1) is 6.92 Å². The Morgan fingerprint density at radius 3 is 2.81 bits per heavy atom. The third kappa shape index (κ3) is 1.21. The second-order valence-corrected chi connectivity index (χ2v) is 4.76. The minimum Gasteiger partial charge on any atom is -0.321 e. The van der Waals surface area contributed by atoms with Crippen molar-refractivity contribution in [2.45, 2.75) is 38.8 Å². The Hall–Kier alpha value is -1.35. The summed E-state index contributed by atoms with van der Waals surface area (Å²) in [5.74, 6) is 0. The van der Waals surface area contributed by atoms with E-state index in [2.05, 4.69) is 41.8 Å². The fraction of sp³-hybridized carbons (Fsp3) is 0.462. The van der Waals surface area contributed by atoms with Gasteiger partial charge in [-0.1, -0.05) is 18.2 Å². The molecule has 2 aromatic rings. The smallest absolute Gasteiger partial charge is 0.0976 e. The molecule has 0 atom stereocenters. The Bertz CT molecular complexity index is 550. The Labute approximate surface area is 95.2 Å². The zero-order valence-electron chi connectivity index (χ0n) is 9.83. The molecule has 1 aromatic heterocycles. The van der Waals surface area contributed by atoms with Crippen LogP contribution in [0.15, 0.2) is 18.2 Å². The maximum absolute atomic E-state index is 6.29. The molecule has 0 saturated heterocycles. The molecule has 0 spiro atoms. The number of rotatable bonds is 2. The molecule has 3 rings (SSSR count). The normalized spacial score (nSPS) is 17.9. The first-order valence-electron chi connectivity index (χ1n) is 5.91. The molecule has 1 aromatic carbocycles. The van der Waals surface area contributed by atoms with Gasteiger partial charge >= 0.3 is 0 Å². The van der Waals surface area contributed by atoms with Crippen LogP contribution in [-0.2, 0) is 12.1 Å². The molecule has 0 radical (unpaired) electrons. The topological polar surface area (TPSA) is 43.8 Å². The summed E-state index contributed by atoms with van der Waals surface area (Å²) in [5.41, 5.74) is 9.75. The molecule has 2 N–H and O–H groups in total. The quantitative estimate of drug-likeness (QED) is 0.835. The first-order chi connectivity index (χ1) is 7.65. The van der Waals surface area contributed by atoms with Gasteiger partial charge in [0.15, 0.2) is 0 Å². The SMILES string of the molecule is CCn1nc2c(C3(N)CC3)cccc2c1C. The van der Waals surface area contributed by atoms with Crippen LogP contribution in [-0.4, -0.2) is 9.78 Å². The van der Waals surface area contributed by atoms with Crippen molar-refractivity contribution in [1.82, 2.24) is 9.78 Å². The van der Waals surface area contributed by atoms with Gasteiger partial charge in [-0.15, -0.1) is 0 Å². The van der Waals surface area contributed by atoms with Gasteiger partial charge in [0.1, 0.15) is 0 Å². The van der Waals surface area contributed by atoms with E-state index in [0.717, 1.165) is 24.9 Å². The lowest BCUT2D eigenvalue weighted by Crippen LogP contribution is -2.19. The molecule has 1 fully saturated rings. The number of hydrogen-bond acceptors (Lipinski definition) is 2. The maximum atomic E-state index is 6.29. The summed E-state index contributed by atoms with van der Waals surface area (Å²) in [6.45, 7) is 5.16. The number of fused-ring (bicyclic) bond motifs is 1. The van der Waals surface area contributed by atoms with Crippen molar-refractivity contribution in [3.8, 4) is 0 Å². The van der Waals surface area contributed by atoms with Crippen molar-refractivity contribution in [3.63, 3.8) is 0 Å². The largest absolute Gasteiger partial charge is 0.321 e. The predicted molar refractivity (Wildman–Crippen MR) is 65.2 cm³/mol. The summed E-state index contributed by atoms with van der Waals surface area (Å²) in [6.07, 6.45) is 2.17. The lowest BCUT2D eigenvalue weighted by atomic mass is 10.0. The summed E-state index contributed by atoms with van der Waals surface area (Å²) in [4.78, 5) is 0. The number of aryl methyl sites for hydroxylation is 2. The first-order valence-corrected chi connectivity index (χ1v) is 5.91. The summed E-state index contributed by atoms with van der Waals surface area (Å²) in [5, 5.41) is 5.92. The van der Waals surface area contributed by atoms with Gasteiger partial charge in [0.25, 0.3) is 0 Å². The van der Waals surface area contributed by atoms with E-state index in [4.69, 9.17) is 5.73 Å². The van der Waals surface area contributed by atoms with Gasteiger partial charge in [0.05, 0.1) is 5.52 Å². The van der Waals surface area contributed by atoms with Gasteiger partial charge in [0, 0.05) is 28.7 Å². The molecule has 1 aliphatic carbocycles. The Morgan fingerprint density at radius 2 is 2.19 bits per heavy atom. The van der Waals surface area contributed by atoms with Crippen LogP contribution in [0.4, 0.5) is 0 Å². The van der Waals surface area contributed by atoms with Crippen molar-refractivity contribution >= 4 is 10.9 Å². The molecular formula is C13H17N3. The summed E-state index contributed by atoms with van der Waals surface area (Å²) in [7, 11) is 0. The lowest BCUT2D eigenvalue weighted by Gasteiger charge is -2.08. The number of nitrogens with two attached hydrogens (primary N) is 1. The van der Waals surface area contributed by atoms with Crippen molar-refractivity contribution in [2.24, 2.45) is 5.73 Å². The standard InChI is InChI=1S/C13H17N3/c1-3-16-9(2)10-5-4-6-11(12(10)15-16)13(14)7-8-13/h4-6H,3,7-8,14H2,1-2H3. The highest BCUT2D eigenvalue weighted by molar-refractivity contribution is 5.85. The van der Waals surface area contributed by atoms with Gasteiger partial charge in [-0.3, -0.25) is 4.68 Å². The molecule has 1 aliphatic rings. The van der Waals surface area contributed by atoms with E-state index in [0.29, 0.717) is 0 Å². The number of hydrogen-bond donors (Lipinski definition) is 1. The predicted octanol–water partition coefficient (Wildman–Crippen LogP) is 2.31. The first kappa shape index (κ1) is 9.85. The van der Waals surface area contributed by atoms with Gasteiger partial charge in [-0.2, -0.15) is 5.10 Å². The molecule has 1 saturated carbocycles. The van der Waals surface area contributed by atoms with Crippen molar-refractivity contribution < 1.29 is 0 Å². The summed E-state index contributed by atoms with van der Waals surface area (Å²) < 4.78 is 2.06. The number of aromatic nitrogens is 2. The van der Waals surface area contributed by atoms with Crippen LogP contribution in [0.1, 0.15) is 31.0 Å². The third-order valence-electron chi connectivity index (χ3n) is 3.66. The van der Waals surface area contributed by atoms with Crippen LogP contribution in [0.2, 0.25) is 0 Å². The van der Waals surface area contributed by atoms with Gasteiger partial charge in [-0.05, 0) is 26.7 Å². The van der Waals surface area contributed by atoms with Crippen LogP contribution in [0.25, 0.3) is 10.9 Å². The molecule has 84 valence electrons. The zero-order valence-corrected chi connectivity index (χ0v) is 9.83. The number of benzene rings is 1. The molecule has 16 heavy (non-hydrogen) atoms. The van der Waals surface area contributed by atoms with Crippen LogP contribution >= 0.6 is 0 Å². The number of nitrogens with zero attached hydrogens (tertiary/aromatic N) is 2. The highest BCUT2D eigenvalue weighted by atomic mass is 15.3. The zero-order chi connectivity index (χ0) is 11.3. The Balaban J connectivity index is 2.31. The lowest BCUT2D eigenvalue weighted by molar-refractivity contribution is 0.644. The van der Waals surface area contributed by atoms with Crippen molar-refractivity contribution in [2.75, 3.05) is 0 Å². The fourth-order valence-electron chi connectivity index (χ4n) is 2.39. The summed E-state index contributed by atoms with van der Waals surface area (Å²) >= 11 is 0. The highest BCUT2D eigenvalue weighted by Gasteiger charge is 2.41. The third-order valence-corrected chi connectivity index (χ3v) is 3.66. The van der Waals surface area contributed by atoms with Crippen LogP contribution in [0.5, 0.6) is 0 Å². The minimum absolute atomic E-state index is 0.0983. The van der Waals surface area contributed by atoms with Crippen LogP contribution in [0.3, 0.4) is 0 Å². The molecule has 3 nitrogen and oxygen atoms in total. The van der Waals surface area contributed by atoms with E-state index in [1.807, 2.05) is 0 Å². The molecule has 0 unspecified atom stereocenters. The summed E-state index contributed by atoms with van der Waals surface area (Å²) in [6, 6.07) is 6.36. The molecule has 3 heteroatoms. The van der Waals surface area contributed by atoms with E-state index >= 15 is 0 Å². The second kappa shape index (κ2) is 3.08. The van der Waals surface area contributed by atoms with Crippen molar-refractivity contribution in [1.29, 1.82) is 0 Å². The second-order valence-electron chi connectivity index (χ2n) is 4.76.